The smallest absolute Gasteiger partial charge is 0.274 e. The molecular weight excluding hydrogens is 336 g/mol. The molecule has 1 aliphatic rings. The lowest BCUT2D eigenvalue weighted by molar-refractivity contribution is 0.0723. The number of hydrogen-bond acceptors (Lipinski definition) is 3. The summed E-state index contributed by atoms with van der Waals surface area (Å²) in [5.41, 5.74) is 2.35. The van der Waals surface area contributed by atoms with Gasteiger partial charge in [-0.2, -0.15) is 5.10 Å². The summed E-state index contributed by atoms with van der Waals surface area (Å²) in [6.45, 7) is 0.579. The van der Waals surface area contributed by atoms with Crippen molar-refractivity contribution in [1.82, 2.24) is 19.7 Å². The highest BCUT2D eigenvalue weighted by atomic mass is 35.5. The second kappa shape index (κ2) is 6.69. The Bertz CT molecular complexity index is 889. The van der Waals surface area contributed by atoms with E-state index in [0.29, 0.717) is 23.3 Å². The number of hydrogen-bond donors (Lipinski definition) is 0. The molecule has 126 valence electrons. The van der Waals surface area contributed by atoms with Crippen LogP contribution >= 0.6 is 11.6 Å². The van der Waals surface area contributed by atoms with Gasteiger partial charge in [0.15, 0.2) is 5.69 Å². The van der Waals surface area contributed by atoms with Crippen molar-refractivity contribution in [3.63, 3.8) is 0 Å². The quantitative estimate of drug-likeness (QED) is 0.703. The molecule has 6 heteroatoms. The van der Waals surface area contributed by atoms with Gasteiger partial charge in [-0.25, -0.2) is 4.68 Å². The molecule has 0 N–H and O–H groups in total. The van der Waals surface area contributed by atoms with Gasteiger partial charge in [0.1, 0.15) is 0 Å². The second-order valence-electron chi connectivity index (χ2n) is 6.15. The summed E-state index contributed by atoms with van der Waals surface area (Å²) in [4.78, 5) is 18.9. The summed E-state index contributed by atoms with van der Waals surface area (Å²) in [6.07, 6.45) is 7.38. The fourth-order valence-electron chi connectivity index (χ4n) is 2.79. The molecule has 1 saturated carbocycles. The van der Waals surface area contributed by atoms with E-state index in [-0.39, 0.29) is 5.91 Å². The molecule has 2 heterocycles. The highest BCUT2D eigenvalue weighted by Gasteiger charge is 2.34. The number of pyridine rings is 1. The minimum Gasteiger partial charge on any atom is -0.330 e. The molecule has 25 heavy (non-hydrogen) atoms. The molecule has 1 fully saturated rings. The molecule has 0 unspecified atom stereocenters. The number of rotatable bonds is 5. The maximum atomic E-state index is 13.0. The van der Waals surface area contributed by atoms with Crippen LogP contribution in [0, 0.1) is 0 Å². The first-order chi connectivity index (χ1) is 12.2. The minimum absolute atomic E-state index is 0.0416. The lowest BCUT2D eigenvalue weighted by atomic mass is 10.2. The maximum Gasteiger partial charge on any atom is 0.274 e. The zero-order chi connectivity index (χ0) is 17.2. The first kappa shape index (κ1) is 15.8. The van der Waals surface area contributed by atoms with Gasteiger partial charge in [0.05, 0.1) is 5.69 Å². The first-order valence-corrected chi connectivity index (χ1v) is 8.60. The third kappa shape index (κ3) is 3.56. The van der Waals surface area contributed by atoms with Gasteiger partial charge in [-0.3, -0.25) is 9.78 Å². The fraction of sp³-hybridized carbons (Fsp3) is 0.211. The molecule has 5 nitrogen and oxygen atoms in total. The summed E-state index contributed by atoms with van der Waals surface area (Å²) in [7, 11) is 0. The van der Waals surface area contributed by atoms with E-state index in [0.717, 1.165) is 24.1 Å². The summed E-state index contributed by atoms with van der Waals surface area (Å²) in [5, 5.41) is 5.09. The molecule has 0 spiro atoms. The van der Waals surface area contributed by atoms with Crippen LogP contribution in [-0.2, 0) is 6.54 Å². The number of nitrogens with zero attached hydrogens (tertiary/aromatic N) is 4. The molecule has 0 radical (unpaired) electrons. The predicted octanol–water partition coefficient (Wildman–Crippen LogP) is 3.73. The van der Waals surface area contributed by atoms with E-state index in [1.165, 1.54) is 0 Å². The summed E-state index contributed by atoms with van der Waals surface area (Å²) in [6, 6.07) is 13.3. The number of aromatic nitrogens is 3. The summed E-state index contributed by atoms with van der Waals surface area (Å²) < 4.78 is 1.68. The van der Waals surface area contributed by atoms with Gasteiger partial charge in [0.25, 0.3) is 5.91 Å². The molecule has 3 aromatic rings. The molecule has 0 aliphatic heterocycles. The van der Waals surface area contributed by atoms with E-state index in [9.17, 15) is 4.79 Å². The number of benzene rings is 1. The Balaban J connectivity index is 1.57. The van der Waals surface area contributed by atoms with Crippen molar-refractivity contribution in [2.45, 2.75) is 25.4 Å². The van der Waals surface area contributed by atoms with Crippen LogP contribution < -0.4 is 0 Å². The Morgan fingerprint density at radius 2 is 2.00 bits per heavy atom. The summed E-state index contributed by atoms with van der Waals surface area (Å²) >= 11 is 6.03. The average molecular weight is 353 g/mol. The highest BCUT2D eigenvalue weighted by Crippen LogP contribution is 2.29. The Hall–Kier alpha value is -2.66. The molecule has 2 aromatic heterocycles. The molecule has 0 bridgehead atoms. The topological polar surface area (TPSA) is 51.0 Å². The lowest BCUT2D eigenvalue weighted by Gasteiger charge is -2.21. The van der Waals surface area contributed by atoms with Gasteiger partial charge in [0, 0.05) is 36.2 Å². The van der Waals surface area contributed by atoms with Gasteiger partial charge in [-0.15, -0.1) is 0 Å². The zero-order valence-electron chi connectivity index (χ0n) is 13.5. The van der Waals surface area contributed by atoms with Crippen molar-refractivity contribution in [1.29, 1.82) is 0 Å². The van der Waals surface area contributed by atoms with E-state index in [2.05, 4.69) is 10.1 Å². The van der Waals surface area contributed by atoms with Crippen LogP contribution in [0.5, 0.6) is 0 Å². The Labute approximate surface area is 150 Å². The molecular formula is C19H17ClN4O. The number of carbonyl (C=O) groups excluding carboxylic acids is 1. The van der Waals surface area contributed by atoms with Gasteiger partial charge in [-0.1, -0.05) is 17.7 Å². The van der Waals surface area contributed by atoms with E-state index in [4.69, 9.17) is 11.6 Å². The zero-order valence-corrected chi connectivity index (χ0v) is 14.3. The third-order valence-corrected chi connectivity index (χ3v) is 4.47. The van der Waals surface area contributed by atoms with Gasteiger partial charge < -0.3 is 4.90 Å². The standard InChI is InChI=1S/C19H17ClN4O/c20-15-2-1-3-17(12-15)24-11-8-18(22-24)19(25)23(16-4-5-16)13-14-6-9-21-10-7-14/h1-3,6-12,16H,4-5,13H2. The average Bonchev–Trinajstić information content (AvgIpc) is 3.35. The Morgan fingerprint density at radius 3 is 2.72 bits per heavy atom. The largest absolute Gasteiger partial charge is 0.330 e. The van der Waals surface area contributed by atoms with Gasteiger partial charge in [-0.05, 0) is 54.8 Å². The number of amides is 1. The van der Waals surface area contributed by atoms with Crippen molar-refractivity contribution in [2.75, 3.05) is 0 Å². The predicted molar refractivity (Wildman–Crippen MR) is 95.7 cm³/mol. The fourth-order valence-corrected chi connectivity index (χ4v) is 2.97. The second-order valence-corrected chi connectivity index (χ2v) is 6.58. The monoisotopic (exact) mass is 352 g/mol. The van der Waals surface area contributed by atoms with E-state index < -0.39 is 0 Å². The van der Waals surface area contributed by atoms with Crippen LogP contribution in [0.4, 0.5) is 0 Å². The molecule has 1 amide bonds. The highest BCUT2D eigenvalue weighted by molar-refractivity contribution is 6.30. The number of halogens is 1. The maximum absolute atomic E-state index is 13.0. The summed E-state index contributed by atoms with van der Waals surface area (Å²) in [5.74, 6) is -0.0416. The first-order valence-electron chi connectivity index (χ1n) is 8.22. The molecule has 4 rings (SSSR count). The van der Waals surface area contributed by atoms with Crippen molar-refractivity contribution in [3.05, 3.63) is 77.3 Å². The lowest BCUT2D eigenvalue weighted by Crippen LogP contribution is -2.33. The SMILES string of the molecule is O=C(c1ccn(-c2cccc(Cl)c2)n1)N(Cc1ccncc1)C1CC1. The third-order valence-electron chi connectivity index (χ3n) is 4.23. The van der Waals surface area contributed by atoms with Gasteiger partial charge in [0.2, 0.25) is 0 Å². The Kier molecular flexibility index (Phi) is 4.24. The van der Waals surface area contributed by atoms with Crippen LogP contribution in [0.1, 0.15) is 28.9 Å². The molecule has 1 aromatic carbocycles. The molecule has 1 aliphatic carbocycles. The van der Waals surface area contributed by atoms with E-state index in [1.807, 2.05) is 41.3 Å². The van der Waals surface area contributed by atoms with Crippen molar-refractivity contribution in [2.24, 2.45) is 0 Å². The van der Waals surface area contributed by atoms with Crippen molar-refractivity contribution >= 4 is 17.5 Å². The molecule has 0 saturated heterocycles. The van der Waals surface area contributed by atoms with Crippen LogP contribution in [0.3, 0.4) is 0 Å². The van der Waals surface area contributed by atoms with E-state index in [1.54, 1.807) is 29.3 Å². The number of carbonyl (C=O) groups is 1. The minimum atomic E-state index is -0.0416. The van der Waals surface area contributed by atoms with Crippen LogP contribution in [0.2, 0.25) is 5.02 Å². The van der Waals surface area contributed by atoms with Crippen LogP contribution in [0.25, 0.3) is 5.69 Å². The van der Waals surface area contributed by atoms with Crippen LogP contribution in [-0.4, -0.2) is 31.6 Å². The van der Waals surface area contributed by atoms with Crippen LogP contribution in [0.15, 0.2) is 61.1 Å². The Morgan fingerprint density at radius 1 is 1.20 bits per heavy atom. The van der Waals surface area contributed by atoms with Crippen molar-refractivity contribution < 1.29 is 4.79 Å². The van der Waals surface area contributed by atoms with Crippen molar-refractivity contribution in [3.8, 4) is 5.69 Å². The van der Waals surface area contributed by atoms with E-state index >= 15 is 0 Å². The molecule has 0 atom stereocenters. The van der Waals surface area contributed by atoms with Gasteiger partial charge >= 0.3 is 0 Å². The normalized spacial score (nSPS) is 13.6.